The minimum Gasteiger partial charge on any atom is -0.130 e. The lowest BCUT2D eigenvalue weighted by molar-refractivity contribution is 0.794. The summed E-state index contributed by atoms with van der Waals surface area (Å²) in [6.45, 7) is 14.7. The summed E-state index contributed by atoms with van der Waals surface area (Å²) >= 11 is 1.99. The van der Waals surface area contributed by atoms with Gasteiger partial charge in [0, 0.05) is 5.75 Å². The molecule has 0 aromatic heterocycles. The summed E-state index contributed by atoms with van der Waals surface area (Å²) in [5.41, 5.74) is 1.59. The van der Waals surface area contributed by atoms with E-state index in [-0.39, 0.29) is 0 Å². The molecule has 0 nitrogen and oxygen atoms in total. The maximum absolute atomic E-state index is 2.29. The summed E-state index contributed by atoms with van der Waals surface area (Å²) in [4.78, 5) is 1.54. The van der Waals surface area contributed by atoms with Crippen molar-refractivity contribution in [1.29, 1.82) is 0 Å². The maximum Gasteiger partial charge on any atom is 0.00400 e. The zero-order valence-corrected chi connectivity index (χ0v) is 10.5. The molecular weight excluding hydrogens is 164 g/mol. The van der Waals surface area contributed by atoms with E-state index in [1.165, 1.54) is 10.7 Å². The molecule has 1 heteroatoms. The van der Waals surface area contributed by atoms with Crippen LogP contribution < -0.4 is 0 Å². The van der Waals surface area contributed by atoms with Gasteiger partial charge in [-0.3, -0.25) is 0 Å². The normalized spacial score (nSPS) is 20.8. The first-order chi connectivity index (χ1) is 5.72. The molecule has 1 rings (SSSR count). The molecule has 1 atom stereocenters. The fraction of sp³-hybridized carbons (Fsp3) is 0.818. The second-order valence-corrected chi connectivity index (χ2v) is 3.69. The third-order valence-corrected chi connectivity index (χ3v) is 3.27. The minimum absolute atomic E-state index is 0.833. The molecule has 0 aromatic carbocycles. The first kappa shape index (κ1) is 14.6. The Bertz CT molecular complexity index is 125. The number of hydrogen-bond donors (Lipinski definition) is 0. The van der Waals surface area contributed by atoms with Crippen LogP contribution in [0.5, 0.6) is 0 Å². The number of allylic oxidation sites excluding steroid dienone is 2. The summed E-state index contributed by atoms with van der Waals surface area (Å²) in [6, 6.07) is 0. The molecule has 0 fully saturated rings. The first-order valence-electron chi connectivity index (χ1n) is 5.02. The molecule has 0 saturated heterocycles. The van der Waals surface area contributed by atoms with Crippen molar-refractivity contribution >= 4 is 11.8 Å². The lowest BCUT2D eigenvalue weighted by Crippen LogP contribution is -1.91. The average molecular weight is 188 g/mol. The van der Waals surface area contributed by atoms with E-state index in [2.05, 4.69) is 20.8 Å². The fourth-order valence-corrected chi connectivity index (χ4v) is 2.01. The van der Waals surface area contributed by atoms with E-state index >= 15 is 0 Å². The van der Waals surface area contributed by atoms with E-state index < -0.39 is 0 Å². The van der Waals surface area contributed by atoms with E-state index in [0.29, 0.717) is 0 Å². The molecule has 0 spiro atoms. The van der Waals surface area contributed by atoms with E-state index in [1.54, 1.807) is 5.57 Å². The molecular formula is C11H24S. The second kappa shape index (κ2) is 9.18. The van der Waals surface area contributed by atoms with Crippen molar-refractivity contribution in [3.63, 3.8) is 0 Å². The molecule has 1 heterocycles. The van der Waals surface area contributed by atoms with Gasteiger partial charge in [0.25, 0.3) is 0 Å². The Hall–Kier alpha value is 0.0900. The van der Waals surface area contributed by atoms with Crippen molar-refractivity contribution in [2.24, 2.45) is 5.92 Å². The zero-order valence-electron chi connectivity index (χ0n) is 9.69. The predicted molar refractivity (Wildman–Crippen MR) is 62.7 cm³/mol. The largest absolute Gasteiger partial charge is 0.130 e. The van der Waals surface area contributed by atoms with Gasteiger partial charge in [0.15, 0.2) is 0 Å². The third-order valence-electron chi connectivity index (χ3n) is 1.84. The highest BCUT2D eigenvalue weighted by Crippen LogP contribution is 2.34. The third kappa shape index (κ3) is 4.87. The van der Waals surface area contributed by atoms with Crippen molar-refractivity contribution in [2.45, 2.75) is 48.5 Å². The Balaban J connectivity index is 0. The number of hydrogen-bond acceptors (Lipinski definition) is 1. The van der Waals surface area contributed by atoms with Crippen molar-refractivity contribution in [3.05, 3.63) is 10.5 Å². The maximum atomic E-state index is 2.29. The van der Waals surface area contributed by atoms with Gasteiger partial charge in [0.2, 0.25) is 0 Å². The minimum atomic E-state index is 0.833. The monoisotopic (exact) mass is 188 g/mol. The van der Waals surface area contributed by atoms with E-state index in [9.17, 15) is 0 Å². The Kier molecular flexibility index (Phi) is 11.2. The van der Waals surface area contributed by atoms with Crippen molar-refractivity contribution < 1.29 is 0 Å². The van der Waals surface area contributed by atoms with Gasteiger partial charge in [-0.25, -0.2) is 0 Å². The Morgan fingerprint density at radius 1 is 1.08 bits per heavy atom. The average Bonchev–Trinajstić information content (AvgIpc) is 2.43. The highest BCUT2D eigenvalue weighted by Gasteiger charge is 2.14. The summed E-state index contributed by atoms with van der Waals surface area (Å²) in [6.07, 6.45) is 0. The second-order valence-electron chi connectivity index (χ2n) is 2.45. The Labute approximate surface area is 82.8 Å². The topological polar surface area (TPSA) is 0 Å². The Morgan fingerprint density at radius 3 is 1.58 bits per heavy atom. The van der Waals surface area contributed by atoms with Crippen LogP contribution in [-0.2, 0) is 0 Å². The van der Waals surface area contributed by atoms with Crippen LogP contribution in [0.1, 0.15) is 48.5 Å². The highest BCUT2D eigenvalue weighted by atomic mass is 32.2. The van der Waals surface area contributed by atoms with Gasteiger partial charge in [0.1, 0.15) is 0 Å². The van der Waals surface area contributed by atoms with Crippen molar-refractivity contribution in [1.82, 2.24) is 0 Å². The van der Waals surface area contributed by atoms with E-state index in [0.717, 1.165) is 5.92 Å². The first-order valence-corrected chi connectivity index (χ1v) is 6.00. The van der Waals surface area contributed by atoms with Crippen LogP contribution in [0, 0.1) is 5.92 Å². The lowest BCUT2D eigenvalue weighted by Gasteiger charge is -1.98. The molecule has 74 valence electrons. The van der Waals surface area contributed by atoms with Gasteiger partial charge in [-0.1, -0.05) is 40.2 Å². The van der Waals surface area contributed by atoms with Gasteiger partial charge in [0.05, 0.1) is 0 Å². The SMILES string of the molecule is CC.CC.CC1=C(C)C(C)CS1. The molecule has 0 radical (unpaired) electrons. The quantitative estimate of drug-likeness (QED) is 0.530. The zero-order chi connectivity index (χ0) is 10.1. The molecule has 0 N–H and O–H groups in total. The summed E-state index contributed by atoms with van der Waals surface area (Å²) in [5, 5.41) is 0. The van der Waals surface area contributed by atoms with Crippen LogP contribution in [0.2, 0.25) is 0 Å². The van der Waals surface area contributed by atoms with E-state index in [4.69, 9.17) is 0 Å². The van der Waals surface area contributed by atoms with Crippen LogP contribution in [0.3, 0.4) is 0 Å². The van der Waals surface area contributed by atoms with Crippen molar-refractivity contribution in [3.8, 4) is 0 Å². The summed E-state index contributed by atoms with van der Waals surface area (Å²) < 4.78 is 0. The smallest absolute Gasteiger partial charge is 0.00400 e. The van der Waals surface area contributed by atoms with Crippen LogP contribution >= 0.6 is 11.8 Å². The van der Waals surface area contributed by atoms with Crippen molar-refractivity contribution in [2.75, 3.05) is 5.75 Å². The molecule has 0 aliphatic carbocycles. The molecule has 1 aliphatic heterocycles. The van der Waals surface area contributed by atoms with Crippen LogP contribution in [0.25, 0.3) is 0 Å². The van der Waals surface area contributed by atoms with Gasteiger partial charge < -0.3 is 0 Å². The summed E-state index contributed by atoms with van der Waals surface area (Å²) in [7, 11) is 0. The molecule has 0 amide bonds. The lowest BCUT2D eigenvalue weighted by atomic mass is 10.1. The van der Waals surface area contributed by atoms with Crippen LogP contribution in [0.4, 0.5) is 0 Å². The fourth-order valence-electron chi connectivity index (χ4n) is 0.836. The molecule has 0 bridgehead atoms. The van der Waals surface area contributed by atoms with Gasteiger partial charge in [-0.2, -0.15) is 0 Å². The highest BCUT2D eigenvalue weighted by molar-refractivity contribution is 8.03. The van der Waals surface area contributed by atoms with Gasteiger partial charge in [-0.05, 0) is 24.7 Å². The molecule has 12 heavy (non-hydrogen) atoms. The molecule has 1 aliphatic rings. The Morgan fingerprint density at radius 2 is 1.50 bits per heavy atom. The number of rotatable bonds is 0. The summed E-state index contributed by atoms with van der Waals surface area (Å²) in [5.74, 6) is 2.14. The van der Waals surface area contributed by atoms with Gasteiger partial charge in [-0.15, -0.1) is 11.8 Å². The van der Waals surface area contributed by atoms with Crippen LogP contribution in [0.15, 0.2) is 10.5 Å². The van der Waals surface area contributed by atoms with Gasteiger partial charge >= 0.3 is 0 Å². The predicted octanol–water partition coefficient (Wildman–Crippen LogP) is 4.72. The van der Waals surface area contributed by atoms with Crippen LogP contribution in [-0.4, -0.2) is 5.75 Å². The molecule has 0 aromatic rings. The molecule has 0 saturated carbocycles. The van der Waals surface area contributed by atoms with E-state index in [1.807, 2.05) is 39.5 Å². The number of thioether (sulfide) groups is 1. The standard InChI is InChI=1S/C7H12S.2C2H6/c1-5-4-8-7(3)6(5)2;2*1-2/h5H,4H2,1-3H3;2*1-2H3. The molecule has 1 unspecified atom stereocenters.